The highest BCUT2D eigenvalue weighted by Crippen LogP contribution is 2.28. The van der Waals surface area contributed by atoms with Crippen LogP contribution in [0.1, 0.15) is 26.7 Å². The van der Waals surface area contributed by atoms with E-state index in [0.29, 0.717) is 26.1 Å². The number of fused-ring (bicyclic) bond motifs is 1. The molecule has 2 heterocycles. The molecule has 0 aromatic rings. The summed E-state index contributed by atoms with van der Waals surface area (Å²) in [5.41, 5.74) is 0. The Morgan fingerprint density at radius 3 is 2.40 bits per heavy atom. The molecular formula is C12H19N4O4-. The molecule has 20 heavy (non-hydrogen) atoms. The maximum absolute atomic E-state index is 12.2. The number of hydrogen-bond acceptors (Lipinski definition) is 4. The Balaban J connectivity index is 2.11. The number of carboxylic acid groups (broad SMARTS) is 1. The Bertz CT molecular complexity index is 428. The minimum Gasteiger partial charge on any atom is -0.550 e. The molecule has 8 heteroatoms. The van der Waals surface area contributed by atoms with Gasteiger partial charge in [-0.15, -0.1) is 0 Å². The minimum absolute atomic E-state index is 0.0985. The molecule has 8 nitrogen and oxygen atoms in total. The van der Waals surface area contributed by atoms with Gasteiger partial charge in [0.1, 0.15) is 12.3 Å². The first-order valence-corrected chi connectivity index (χ1v) is 6.85. The number of nitrogens with one attached hydrogen (secondary N) is 1. The number of carboxylic acids is 1. The quantitative estimate of drug-likeness (QED) is 0.674. The van der Waals surface area contributed by atoms with Crippen LogP contribution in [-0.2, 0) is 4.79 Å². The number of rotatable bonds is 6. The van der Waals surface area contributed by atoms with Gasteiger partial charge < -0.3 is 29.9 Å². The molecule has 2 rings (SSSR count). The number of carbonyl (C=O) groups excluding carboxylic acids is 3. The van der Waals surface area contributed by atoms with E-state index in [4.69, 9.17) is 0 Å². The molecule has 0 radical (unpaired) electrons. The van der Waals surface area contributed by atoms with E-state index in [2.05, 4.69) is 5.32 Å². The van der Waals surface area contributed by atoms with Crippen molar-refractivity contribution in [2.75, 3.05) is 19.6 Å². The highest BCUT2D eigenvalue weighted by atomic mass is 16.4. The van der Waals surface area contributed by atoms with Gasteiger partial charge in [0.2, 0.25) is 0 Å². The third-order valence-electron chi connectivity index (χ3n) is 3.74. The van der Waals surface area contributed by atoms with Crippen LogP contribution in [0.3, 0.4) is 0 Å². The summed E-state index contributed by atoms with van der Waals surface area (Å²) in [6, 6.07) is -0.363. The minimum atomic E-state index is -1.13. The van der Waals surface area contributed by atoms with E-state index in [1.54, 1.807) is 9.80 Å². The van der Waals surface area contributed by atoms with Crippen LogP contribution in [0.2, 0.25) is 0 Å². The molecule has 2 aliphatic heterocycles. The van der Waals surface area contributed by atoms with E-state index >= 15 is 0 Å². The molecule has 112 valence electrons. The zero-order chi connectivity index (χ0) is 14.9. The lowest BCUT2D eigenvalue weighted by Crippen LogP contribution is -2.46. The molecule has 0 saturated carbocycles. The van der Waals surface area contributed by atoms with Crippen molar-refractivity contribution >= 4 is 18.0 Å². The van der Waals surface area contributed by atoms with Crippen LogP contribution >= 0.6 is 0 Å². The number of aliphatic carboxylic acids is 1. The maximum atomic E-state index is 12.2. The van der Waals surface area contributed by atoms with Crippen LogP contribution in [0.5, 0.6) is 0 Å². The van der Waals surface area contributed by atoms with Crippen LogP contribution in [-0.4, -0.2) is 64.7 Å². The van der Waals surface area contributed by atoms with E-state index in [9.17, 15) is 19.5 Å². The summed E-state index contributed by atoms with van der Waals surface area (Å²) < 4.78 is 0. The zero-order valence-electron chi connectivity index (χ0n) is 11.7. The molecule has 0 aliphatic carbocycles. The highest BCUT2D eigenvalue weighted by Gasteiger charge is 2.53. The Labute approximate surface area is 117 Å². The summed E-state index contributed by atoms with van der Waals surface area (Å²) >= 11 is 0. The van der Waals surface area contributed by atoms with E-state index in [1.807, 2.05) is 13.8 Å². The second kappa shape index (κ2) is 5.56. The van der Waals surface area contributed by atoms with Gasteiger partial charge in [0.15, 0.2) is 0 Å². The lowest BCUT2D eigenvalue weighted by molar-refractivity contribution is -0.305. The molecule has 0 aromatic carbocycles. The van der Waals surface area contributed by atoms with Crippen molar-refractivity contribution in [3.63, 3.8) is 0 Å². The van der Waals surface area contributed by atoms with Gasteiger partial charge in [-0.3, -0.25) is 0 Å². The Morgan fingerprint density at radius 1 is 1.20 bits per heavy atom. The second-order valence-electron chi connectivity index (χ2n) is 4.83. The molecule has 2 aliphatic rings. The second-order valence-corrected chi connectivity index (χ2v) is 4.83. The smallest absolute Gasteiger partial charge is 0.323 e. The predicted molar refractivity (Wildman–Crippen MR) is 67.2 cm³/mol. The van der Waals surface area contributed by atoms with Gasteiger partial charge in [0.25, 0.3) is 0 Å². The van der Waals surface area contributed by atoms with Crippen molar-refractivity contribution in [3.05, 3.63) is 0 Å². The van der Waals surface area contributed by atoms with Crippen molar-refractivity contribution in [2.24, 2.45) is 0 Å². The molecule has 0 bridgehead atoms. The molecular weight excluding hydrogens is 264 g/mol. The van der Waals surface area contributed by atoms with Crippen LogP contribution < -0.4 is 10.4 Å². The number of urea groups is 2. The standard InChI is InChI=1S/C12H20N4O4/c1-3-14-9-10(15(4-2)12(14)20)16(11(19)13-9)7-5-6-8(17)18/h9-10H,3-7H2,1-2H3,(H,13,19)(H,17,18)/p-1/t9-,10+/m0/s1. The summed E-state index contributed by atoms with van der Waals surface area (Å²) in [4.78, 5) is 39.4. The molecule has 0 spiro atoms. The van der Waals surface area contributed by atoms with Gasteiger partial charge >= 0.3 is 12.1 Å². The van der Waals surface area contributed by atoms with Crippen molar-refractivity contribution in [3.8, 4) is 0 Å². The fourth-order valence-corrected chi connectivity index (χ4v) is 2.83. The number of likely N-dealkylation sites (N-methyl/N-ethyl adjacent to an activating group) is 2. The predicted octanol–water partition coefficient (Wildman–Crippen LogP) is -1.03. The van der Waals surface area contributed by atoms with Crippen LogP contribution in [0, 0.1) is 0 Å². The van der Waals surface area contributed by atoms with Gasteiger partial charge in [-0.25, -0.2) is 9.59 Å². The van der Waals surface area contributed by atoms with Crippen molar-refractivity contribution in [2.45, 2.75) is 39.0 Å². The third-order valence-corrected chi connectivity index (χ3v) is 3.74. The monoisotopic (exact) mass is 283 g/mol. The molecule has 0 aromatic heterocycles. The van der Waals surface area contributed by atoms with Gasteiger partial charge in [-0.05, 0) is 26.7 Å². The third kappa shape index (κ3) is 2.25. The Morgan fingerprint density at radius 2 is 1.85 bits per heavy atom. The number of amides is 4. The number of hydrogen-bond donors (Lipinski definition) is 1. The number of nitrogens with zero attached hydrogens (tertiary/aromatic N) is 3. The highest BCUT2D eigenvalue weighted by molar-refractivity contribution is 5.85. The topological polar surface area (TPSA) is 96.0 Å². The Hall–Kier alpha value is -1.99. The van der Waals surface area contributed by atoms with Crippen molar-refractivity contribution in [1.82, 2.24) is 20.0 Å². The van der Waals surface area contributed by atoms with Crippen LogP contribution in [0.4, 0.5) is 9.59 Å². The maximum Gasteiger partial charge on any atom is 0.323 e. The summed E-state index contributed by atoms with van der Waals surface area (Å²) in [5, 5.41) is 13.2. The van der Waals surface area contributed by atoms with Gasteiger partial charge in [0, 0.05) is 25.6 Å². The SMILES string of the molecule is CCN1C(=O)N(CC)[C@@H]2NC(=O)N(CCCC(=O)[O-])[C@H]21. The van der Waals surface area contributed by atoms with Crippen LogP contribution in [0.25, 0.3) is 0 Å². The summed E-state index contributed by atoms with van der Waals surface area (Å²) in [6.45, 7) is 5.03. The normalized spacial score (nSPS) is 25.2. The van der Waals surface area contributed by atoms with Crippen molar-refractivity contribution < 1.29 is 19.5 Å². The number of carbonyl (C=O) groups is 3. The Kier molecular flexibility index (Phi) is 4.01. The average molecular weight is 283 g/mol. The molecule has 2 atom stereocenters. The molecule has 2 fully saturated rings. The van der Waals surface area contributed by atoms with Crippen LogP contribution in [0.15, 0.2) is 0 Å². The first-order chi connectivity index (χ1) is 9.51. The zero-order valence-corrected chi connectivity index (χ0v) is 11.7. The lowest BCUT2D eigenvalue weighted by Gasteiger charge is -2.28. The largest absolute Gasteiger partial charge is 0.550 e. The van der Waals surface area contributed by atoms with Crippen molar-refractivity contribution in [1.29, 1.82) is 0 Å². The van der Waals surface area contributed by atoms with Gasteiger partial charge in [-0.1, -0.05) is 0 Å². The first-order valence-electron chi connectivity index (χ1n) is 6.85. The van der Waals surface area contributed by atoms with E-state index in [0.717, 1.165) is 0 Å². The summed E-state index contributed by atoms with van der Waals surface area (Å²) in [7, 11) is 0. The summed E-state index contributed by atoms with van der Waals surface area (Å²) in [5.74, 6) is -1.13. The van der Waals surface area contributed by atoms with Gasteiger partial charge in [-0.2, -0.15) is 0 Å². The average Bonchev–Trinajstić information content (AvgIpc) is 2.82. The van der Waals surface area contributed by atoms with E-state index < -0.39 is 5.97 Å². The summed E-state index contributed by atoms with van der Waals surface area (Å²) in [6.07, 6.45) is -0.500. The fourth-order valence-electron chi connectivity index (χ4n) is 2.83. The van der Waals surface area contributed by atoms with E-state index in [-0.39, 0.29) is 30.8 Å². The molecule has 4 amide bonds. The lowest BCUT2D eigenvalue weighted by atomic mass is 10.2. The van der Waals surface area contributed by atoms with Gasteiger partial charge in [0.05, 0.1) is 0 Å². The molecule has 1 N–H and O–H groups in total. The molecule has 2 saturated heterocycles. The first kappa shape index (κ1) is 14.4. The fraction of sp³-hybridized carbons (Fsp3) is 0.750. The molecule has 0 unspecified atom stereocenters. The van der Waals surface area contributed by atoms with E-state index in [1.165, 1.54) is 4.90 Å².